The molecular weight excluding hydrogens is 316 g/mol. The maximum atomic E-state index is 4.37. The van der Waals surface area contributed by atoms with Crippen LogP contribution < -0.4 is 4.90 Å². The Morgan fingerprint density at radius 2 is 2.05 bits per heavy atom. The van der Waals surface area contributed by atoms with Crippen LogP contribution in [0.5, 0.6) is 0 Å². The van der Waals surface area contributed by atoms with E-state index in [0.717, 1.165) is 24.7 Å². The van der Waals surface area contributed by atoms with Crippen molar-refractivity contribution in [3.8, 4) is 0 Å². The Hall–Kier alpha value is -1.62. The fourth-order valence-electron chi connectivity index (χ4n) is 1.82. The number of aromatic nitrogens is 3. The summed E-state index contributed by atoms with van der Waals surface area (Å²) in [4.78, 5) is 6.50. The molecule has 1 aromatic heterocycles. The van der Waals surface area contributed by atoms with Gasteiger partial charge in [0, 0.05) is 12.2 Å². The molecule has 0 spiro atoms. The Balaban J connectivity index is 0.000000956. The predicted octanol–water partition coefficient (Wildman–Crippen LogP) is 4.09. The molecule has 0 N–H and O–H groups in total. The summed E-state index contributed by atoms with van der Waals surface area (Å²) in [6.07, 6.45) is 11.8. The van der Waals surface area contributed by atoms with Crippen LogP contribution in [-0.4, -0.2) is 21.3 Å². The first kappa shape index (κ1) is 16.4. The monoisotopic (exact) mass is 336 g/mol. The van der Waals surface area contributed by atoms with Crippen molar-refractivity contribution in [1.82, 2.24) is 14.8 Å². The van der Waals surface area contributed by atoms with Crippen LogP contribution in [0.4, 0.5) is 5.95 Å². The molecule has 20 heavy (non-hydrogen) atoms. The second kappa shape index (κ2) is 8.53. The van der Waals surface area contributed by atoms with Crippen molar-refractivity contribution in [3.05, 3.63) is 53.5 Å². The van der Waals surface area contributed by atoms with Crippen molar-refractivity contribution in [2.45, 2.75) is 27.3 Å². The smallest absolute Gasteiger partial charge is 0.229 e. The van der Waals surface area contributed by atoms with E-state index >= 15 is 0 Å². The molecule has 4 nitrogen and oxygen atoms in total. The number of halogens is 1. The van der Waals surface area contributed by atoms with Crippen LogP contribution in [0.3, 0.4) is 0 Å². The molecule has 5 heteroatoms. The minimum Gasteiger partial charge on any atom is -0.309 e. The molecule has 0 unspecified atom stereocenters. The van der Waals surface area contributed by atoms with Crippen molar-refractivity contribution in [2.24, 2.45) is 0 Å². The van der Waals surface area contributed by atoms with Gasteiger partial charge < -0.3 is 4.90 Å². The van der Waals surface area contributed by atoms with E-state index in [1.54, 1.807) is 6.08 Å². The van der Waals surface area contributed by atoms with Crippen molar-refractivity contribution in [1.29, 1.82) is 0 Å². The third-order valence-electron chi connectivity index (χ3n) is 2.57. The summed E-state index contributed by atoms with van der Waals surface area (Å²) in [6.45, 7) is 11.5. The SMILES string of the molecule is C=C\C=C(/C=C\C=C/C)N1CCn2nc(Br)nc21.CC. The zero-order valence-electron chi connectivity index (χ0n) is 12.3. The van der Waals surface area contributed by atoms with Crippen molar-refractivity contribution in [2.75, 3.05) is 11.4 Å². The highest BCUT2D eigenvalue weighted by Gasteiger charge is 2.24. The molecule has 2 heterocycles. The minimum absolute atomic E-state index is 0.623. The third kappa shape index (κ3) is 3.93. The van der Waals surface area contributed by atoms with Crippen LogP contribution in [0.2, 0.25) is 0 Å². The van der Waals surface area contributed by atoms with Crippen molar-refractivity contribution in [3.63, 3.8) is 0 Å². The minimum atomic E-state index is 0.623. The van der Waals surface area contributed by atoms with Gasteiger partial charge in [0.15, 0.2) is 0 Å². The highest BCUT2D eigenvalue weighted by Crippen LogP contribution is 2.25. The summed E-state index contributed by atoms with van der Waals surface area (Å²) in [5.41, 5.74) is 1.06. The standard InChI is InChI=1S/C13H15BrN4.C2H6/c1-3-5-6-8-11(7-4-2)17-9-10-18-13(17)15-12(14)16-18;1-2/h3-8H,2,9-10H2,1H3;1-2H3/b5-3-,8-6-,11-7+;. The second-order valence-corrected chi connectivity index (χ2v) is 4.48. The molecule has 1 aliphatic heterocycles. The predicted molar refractivity (Wildman–Crippen MR) is 88.7 cm³/mol. The Kier molecular flexibility index (Phi) is 7.01. The first-order chi connectivity index (χ1) is 9.76. The first-order valence-electron chi connectivity index (χ1n) is 6.76. The van der Waals surface area contributed by atoms with E-state index in [2.05, 4.69) is 37.5 Å². The van der Waals surface area contributed by atoms with Gasteiger partial charge in [0.25, 0.3) is 0 Å². The summed E-state index contributed by atoms with van der Waals surface area (Å²) in [5, 5.41) is 4.27. The number of hydrogen-bond donors (Lipinski definition) is 0. The molecule has 0 radical (unpaired) electrons. The molecule has 0 saturated carbocycles. The largest absolute Gasteiger partial charge is 0.309 e. The summed E-state index contributed by atoms with van der Waals surface area (Å²) < 4.78 is 2.52. The van der Waals surface area contributed by atoms with Gasteiger partial charge in [-0.3, -0.25) is 0 Å². The Bertz CT molecular complexity index is 526. The Morgan fingerprint density at radius 1 is 1.30 bits per heavy atom. The molecule has 2 rings (SSSR count). The van der Waals surface area contributed by atoms with Crippen LogP contribution in [0, 0.1) is 0 Å². The van der Waals surface area contributed by atoms with E-state index in [-0.39, 0.29) is 0 Å². The van der Waals surface area contributed by atoms with Crippen LogP contribution in [0.25, 0.3) is 0 Å². The molecule has 1 aliphatic rings. The molecule has 0 saturated heterocycles. The van der Waals surface area contributed by atoms with Gasteiger partial charge in [-0.05, 0) is 35.0 Å². The topological polar surface area (TPSA) is 34.0 Å². The summed E-state index contributed by atoms with van der Waals surface area (Å²) in [6, 6.07) is 0. The van der Waals surface area contributed by atoms with E-state index in [1.807, 2.05) is 55.8 Å². The maximum Gasteiger partial charge on any atom is 0.229 e. The van der Waals surface area contributed by atoms with Crippen LogP contribution >= 0.6 is 15.9 Å². The number of allylic oxidation sites excluding steroid dienone is 6. The number of hydrogen-bond acceptors (Lipinski definition) is 3. The van der Waals surface area contributed by atoms with E-state index in [0.29, 0.717) is 4.73 Å². The maximum absolute atomic E-state index is 4.37. The molecule has 0 bridgehead atoms. The molecule has 0 atom stereocenters. The highest BCUT2D eigenvalue weighted by molar-refractivity contribution is 9.10. The number of nitrogens with zero attached hydrogens (tertiary/aromatic N) is 4. The number of anilines is 1. The van der Waals surface area contributed by atoms with Gasteiger partial charge in [0.05, 0.1) is 6.54 Å². The summed E-state index contributed by atoms with van der Waals surface area (Å²) >= 11 is 3.30. The average molecular weight is 337 g/mol. The highest BCUT2D eigenvalue weighted by atomic mass is 79.9. The summed E-state index contributed by atoms with van der Waals surface area (Å²) in [5.74, 6) is 0.861. The van der Waals surface area contributed by atoms with Gasteiger partial charge in [-0.1, -0.05) is 44.7 Å². The van der Waals surface area contributed by atoms with Crippen molar-refractivity contribution >= 4 is 21.9 Å². The fourth-order valence-corrected chi connectivity index (χ4v) is 2.17. The summed E-state index contributed by atoms with van der Waals surface area (Å²) in [7, 11) is 0. The van der Waals surface area contributed by atoms with E-state index in [9.17, 15) is 0 Å². The third-order valence-corrected chi connectivity index (χ3v) is 2.91. The van der Waals surface area contributed by atoms with Crippen LogP contribution in [0.15, 0.2) is 53.5 Å². The normalized spacial score (nSPS) is 14.6. The molecule has 0 aromatic carbocycles. The number of fused-ring (bicyclic) bond motifs is 1. The lowest BCUT2D eigenvalue weighted by Crippen LogP contribution is -2.19. The molecule has 108 valence electrons. The molecule has 0 fully saturated rings. The van der Waals surface area contributed by atoms with Gasteiger partial charge in [-0.15, -0.1) is 5.10 Å². The van der Waals surface area contributed by atoms with Gasteiger partial charge in [-0.2, -0.15) is 4.98 Å². The van der Waals surface area contributed by atoms with E-state index in [4.69, 9.17) is 0 Å². The van der Waals surface area contributed by atoms with Crippen LogP contribution in [0.1, 0.15) is 20.8 Å². The zero-order valence-corrected chi connectivity index (χ0v) is 13.8. The quantitative estimate of drug-likeness (QED) is 0.776. The molecule has 0 aliphatic carbocycles. The molecular formula is C15H21BrN4. The zero-order chi connectivity index (χ0) is 15.0. The fraction of sp³-hybridized carbons (Fsp3) is 0.333. The van der Waals surface area contributed by atoms with E-state index < -0.39 is 0 Å². The average Bonchev–Trinajstić information content (AvgIpc) is 2.99. The van der Waals surface area contributed by atoms with Gasteiger partial charge in [-0.25, -0.2) is 4.68 Å². The lowest BCUT2D eigenvalue weighted by atomic mass is 10.3. The van der Waals surface area contributed by atoms with Gasteiger partial charge in [0.2, 0.25) is 10.7 Å². The number of rotatable bonds is 4. The van der Waals surface area contributed by atoms with Crippen LogP contribution in [-0.2, 0) is 6.54 Å². The lowest BCUT2D eigenvalue weighted by molar-refractivity contribution is 0.686. The second-order valence-electron chi connectivity index (χ2n) is 3.77. The van der Waals surface area contributed by atoms with Crippen molar-refractivity contribution < 1.29 is 0 Å². The molecule has 1 aromatic rings. The van der Waals surface area contributed by atoms with E-state index in [1.165, 1.54) is 0 Å². The lowest BCUT2D eigenvalue weighted by Gasteiger charge is -2.16. The Morgan fingerprint density at radius 3 is 2.70 bits per heavy atom. The first-order valence-corrected chi connectivity index (χ1v) is 7.55. The van der Waals surface area contributed by atoms with Gasteiger partial charge in [0.1, 0.15) is 0 Å². The molecule has 0 amide bonds. The van der Waals surface area contributed by atoms with Gasteiger partial charge >= 0.3 is 0 Å². The Labute approximate surface area is 129 Å².